The molecule has 4 nitrogen and oxygen atoms in total. The van der Waals surface area contributed by atoms with E-state index in [1.54, 1.807) is 24.3 Å². The van der Waals surface area contributed by atoms with Gasteiger partial charge in [-0.25, -0.2) is 0 Å². The molecular weight excluding hydrogens is 168 g/mol. The Kier molecular flexibility index (Phi) is 1.63. The molecule has 2 amide bonds. The summed E-state index contributed by atoms with van der Waals surface area (Å²) in [6, 6.07) is 6.10. The molecule has 0 aliphatic carbocycles. The first-order chi connectivity index (χ1) is 6.20. The standard InChI is InChI=1S/C9H8N2O2/c10-7-5-3-1-2-4-6(5)8(12)11-9(7)13/h1-4,7H,10H2,(H,11,12,13). The van der Waals surface area contributed by atoms with E-state index in [0.29, 0.717) is 11.1 Å². The van der Waals surface area contributed by atoms with Gasteiger partial charge in [0.1, 0.15) is 6.04 Å². The van der Waals surface area contributed by atoms with E-state index in [1.165, 1.54) is 0 Å². The maximum Gasteiger partial charge on any atom is 0.258 e. The monoisotopic (exact) mass is 176 g/mol. The first-order valence-corrected chi connectivity index (χ1v) is 3.90. The summed E-state index contributed by atoms with van der Waals surface area (Å²) in [6.07, 6.45) is 0. The van der Waals surface area contributed by atoms with E-state index in [4.69, 9.17) is 5.73 Å². The number of hydrogen-bond donors (Lipinski definition) is 2. The summed E-state index contributed by atoms with van der Waals surface area (Å²) in [7, 11) is 0. The van der Waals surface area contributed by atoms with Crippen LogP contribution < -0.4 is 11.1 Å². The lowest BCUT2D eigenvalue weighted by Gasteiger charge is -2.20. The second-order valence-electron chi connectivity index (χ2n) is 2.88. The minimum atomic E-state index is -0.728. The van der Waals surface area contributed by atoms with Gasteiger partial charge in [0.25, 0.3) is 5.91 Å². The highest BCUT2D eigenvalue weighted by Crippen LogP contribution is 2.19. The highest BCUT2D eigenvalue weighted by Gasteiger charge is 2.28. The fourth-order valence-electron chi connectivity index (χ4n) is 1.37. The Hall–Kier alpha value is -1.68. The maximum absolute atomic E-state index is 11.3. The third-order valence-corrected chi connectivity index (χ3v) is 2.06. The molecule has 3 N–H and O–H groups in total. The topological polar surface area (TPSA) is 72.2 Å². The van der Waals surface area contributed by atoms with Crippen molar-refractivity contribution in [1.29, 1.82) is 0 Å². The molecule has 0 bridgehead atoms. The Balaban J connectivity index is 2.60. The average molecular weight is 176 g/mol. The fraction of sp³-hybridized carbons (Fsp3) is 0.111. The molecule has 0 aromatic heterocycles. The van der Waals surface area contributed by atoms with Crippen molar-refractivity contribution in [3.05, 3.63) is 35.4 Å². The molecule has 0 spiro atoms. The van der Waals surface area contributed by atoms with Crippen LogP contribution in [0.25, 0.3) is 0 Å². The third-order valence-electron chi connectivity index (χ3n) is 2.06. The highest BCUT2D eigenvalue weighted by molar-refractivity contribution is 6.11. The van der Waals surface area contributed by atoms with Crippen LogP contribution in [0.15, 0.2) is 24.3 Å². The van der Waals surface area contributed by atoms with Crippen molar-refractivity contribution in [1.82, 2.24) is 5.32 Å². The zero-order valence-electron chi connectivity index (χ0n) is 6.78. The van der Waals surface area contributed by atoms with E-state index >= 15 is 0 Å². The van der Waals surface area contributed by atoms with Gasteiger partial charge in [0, 0.05) is 5.56 Å². The summed E-state index contributed by atoms with van der Waals surface area (Å²) < 4.78 is 0. The lowest BCUT2D eigenvalue weighted by molar-refractivity contribution is -0.121. The quantitative estimate of drug-likeness (QED) is 0.544. The molecule has 0 saturated heterocycles. The predicted octanol–water partition coefficient (Wildman–Crippen LogP) is -0.0436. The Morgan fingerprint density at radius 2 is 1.92 bits per heavy atom. The molecule has 1 aliphatic heterocycles. The van der Waals surface area contributed by atoms with Gasteiger partial charge < -0.3 is 5.73 Å². The molecule has 1 aliphatic rings. The van der Waals surface area contributed by atoms with Gasteiger partial charge in [0.2, 0.25) is 5.91 Å². The first-order valence-electron chi connectivity index (χ1n) is 3.90. The molecule has 0 saturated carbocycles. The maximum atomic E-state index is 11.3. The van der Waals surface area contributed by atoms with Crippen molar-refractivity contribution >= 4 is 11.8 Å². The molecule has 1 unspecified atom stereocenters. The van der Waals surface area contributed by atoms with E-state index in [0.717, 1.165) is 0 Å². The zero-order chi connectivity index (χ0) is 9.42. The molecule has 4 heteroatoms. The summed E-state index contributed by atoms with van der Waals surface area (Å²) >= 11 is 0. The van der Waals surface area contributed by atoms with E-state index in [1.807, 2.05) is 0 Å². The number of amides is 2. The molecular formula is C9H8N2O2. The lowest BCUT2D eigenvalue weighted by atomic mass is 9.96. The van der Waals surface area contributed by atoms with Crippen molar-refractivity contribution in [2.45, 2.75) is 6.04 Å². The summed E-state index contributed by atoms with van der Waals surface area (Å²) in [5, 5.41) is 2.18. The van der Waals surface area contributed by atoms with E-state index in [9.17, 15) is 9.59 Å². The number of nitrogens with two attached hydrogens (primary N) is 1. The van der Waals surface area contributed by atoms with Crippen molar-refractivity contribution in [2.75, 3.05) is 0 Å². The Bertz CT molecular complexity index is 387. The van der Waals surface area contributed by atoms with Gasteiger partial charge in [0.15, 0.2) is 0 Å². The van der Waals surface area contributed by atoms with Crippen LogP contribution in [0, 0.1) is 0 Å². The number of carbonyl (C=O) groups excluding carboxylic acids is 2. The van der Waals surface area contributed by atoms with Gasteiger partial charge in [0.05, 0.1) is 0 Å². The van der Waals surface area contributed by atoms with Crippen molar-refractivity contribution in [3.8, 4) is 0 Å². The zero-order valence-corrected chi connectivity index (χ0v) is 6.78. The minimum absolute atomic E-state index is 0.373. The summed E-state index contributed by atoms with van der Waals surface area (Å²) in [5.41, 5.74) is 6.66. The van der Waals surface area contributed by atoms with Crippen molar-refractivity contribution < 1.29 is 9.59 Å². The van der Waals surface area contributed by atoms with Gasteiger partial charge in [-0.15, -0.1) is 0 Å². The van der Waals surface area contributed by atoms with Crippen LogP contribution in [0.3, 0.4) is 0 Å². The number of imide groups is 1. The molecule has 1 aromatic carbocycles. The normalized spacial score (nSPS) is 20.8. The van der Waals surface area contributed by atoms with E-state index in [2.05, 4.69) is 5.32 Å². The van der Waals surface area contributed by atoms with E-state index < -0.39 is 11.9 Å². The number of rotatable bonds is 0. The number of nitrogens with one attached hydrogen (secondary N) is 1. The third kappa shape index (κ3) is 1.11. The molecule has 66 valence electrons. The average Bonchev–Trinajstić information content (AvgIpc) is 2.15. The first kappa shape index (κ1) is 7.94. The van der Waals surface area contributed by atoms with Gasteiger partial charge in [-0.2, -0.15) is 0 Å². The van der Waals surface area contributed by atoms with Gasteiger partial charge in [-0.1, -0.05) is 18.2 Å². The lowest BCUT2D eigenvalue weighted by Crippen LogP contribution is -2.43. The molecule has 13 heavy (non-hydrogen) atoms. The summed E-state index contributed by atoms with van der Waals surface area (Å²) in [6.45, 7) is 0. The number of hydrogen-bond acceptors (Lipinski definition) is 3. The largest absolute Gasteiger partial charge is 0.316 e. The van der Waals surface area contributed by atoms with Gasteiger partial charge >= 0.3 is 0 Å². The number of fused-ring (bicyclic) bond motifs is 1. The second kappa shape index (κ2) is 2.67. The van der Waals surface area contributed by atoms with Crippen LogP contribution >= 0.6 is 0 Å². The van der Waals surface area contributed by atoms with Crippen molar-refractivity contribution in [2.24, 2.45) is 5.73 Å². The van der Waals surface area contributed by atoms with Gasteiger partial charge in [-0.05, 0) is 11.6 Å². The van der Waals surface area contributed by atoms with Crippen LogP contribution in [-0.4, -0.2) is 11.8 Å². The Morgan fingerprint density at radius 3 is 2.69 bits per heavy atom. The van der Waals surface area contributed by atoms with Crippen LogP contribution in [-0.2, 0) is 4.79 Å². The molecule has 1 aromatic rings. The number of benzene rings is 1. The molecule has 1 atom stereocenters. The summed E-state index contributed by atoms with van der Waals surface area (Å²) in [5.74, 6) is -0.814. The summed E-state index contributed by atoms with van der Waals surface area (Å²) in [4.78, 5) is 22.4. The molecule has 0 radical (unpaired) electrons. The van der Waals surface area contributed by atoms with Gasteiger partial charge in [-0.3, -0.25) is 14.9 Å². The molecule has 2 rings (SSSR count). The highest BCUT2D eigenvalue weighted by atomic mass is 16.2. The van der Waals surface area contributed by atoms with Crippen LogP contribution in [0.4, 0.5) is 0 Å². The molecule has 0 fully saturated rings. The van der Waals surface area contributed by atoms with E-state index in [-0.39, 0.29) is 5.91 Å². The van der Waals surface area contributed by atoms with Crippen LogP contribution in [0.5, 0.6) is 0 Å². The second-order valence-corrected chi connectivity index (χ2v) is 2.88. The van der Waals surface area contributed by atoms with Crippen LogP contribution in [0.1, 0.15) is 22.0 Å². The molecule has 1 heterocycles. The van der Waals surface area contributed by atoms with Crippen LogP contribution in [0.2, 0.25) is 0 Å². The predicted molar refractivity (Wildman–Crippen MR) is 45.8 cm³/mol. The smallest absolute Gasteiger partial charge is 0.258 e. The SMILES string of the molecule is NC1C(=O)NC(=O)c2ccccc21. The fourth-order valence-corrected chi connectivity index (χ4v) is 1.37. The number of carbonyl (C=O) groups is 2. The minimum Gasteiger partial charge on any atom is -0.316 e. The Labute approximate surface area is 74.7 Å². The Morgan fingerprint density at radius 1 is 1.23 bits per heavy atom. The van der Waals surface area contributed by atoms with Crippen molar-refractivity contribution in [3.63, 3.8) is 0 Å².